The molecule has 0 atom stereocenters. The first-order valence-electron chi connectivity index (χ1n) is 6.82. The number of halogens is 8. The van der Waals surface area contributed by atoms with Crippen LogP contribution in [0, 0.1) is 0 Å². The summed E-state index contributed by atoms with van der Waals surface area (Å²) in [6.07, 6.45) is 0. The minimum Gasteiger partial charge on any atom is -0.297 e. The molecule has 2 rings (SSSR count). The highest BCUT2D eigenvalue weighted by Crippen LogP contribution is 2.42. The van der Waals surface area contributed by atoms with E-state index in [0.717, 1.165) is 26.8 Å². The van der Waals surface area contributed by atoms with Crippen molar-refractivity contribution in [2.45, 2.75) is 0 Å². The molecule has 2 aromatic carbocycles. The summed E-state index contributed by atoms with van der Waals surface area (Å²) in [6.45, 7) is 0. The van der Waals surface area contributed by atoms with Gasteiger partial charge in [0.05, 0.1) is 20.3 Å². The molecule has 6 nitrogen and oxygen atoms in total. The van der Waals surface area contributed by atoms with Gasteiger partial charge >= 0.3 is 11.8 Å². The van der Waals surface area contributed by atoms with E-state index in [9.17, 15) is 9.59 Å². The molecule has 0 saturated carbocycles. The fourth-order valence-corrected chi connectivity index (χ4v) is 5.91. The third-order valence-electron chi connectivity index (χ3n) is 3.03. The summed E-state index contributed by atoms with van der Waals surface area (Å²) in [5, 5.41) is 0. The van der Waals surface area contributed by atoms with Gasteiger partial charge in [-0.1, -0.05) is 0 Å². The molecule has 4 N–H and O–H groups in total. The van der Waals surface area contributed by atoms with Gasteiger partial charge in [-0.15, -0.1) is 0 Å². The smallest absolute Gasteiger partial charge is 0.297 e. The molecule has 0 aliphatic carbocycles. The molecule has 0 unspecified atom stereocenters. The lowest BCUT2D eigenvalue weighted by molar-refractivity contribution is -0.138. The number of benzene rings is 2. The van der Waals surface area contributed by atoms with E-state index in [-0.39, 0.29) is 0 Å². The second kappa shape index (κ2) is 10.9. The van der Waals surface area contributed by atoms with Gasteiger partial charge in [0, 0.05) is 26.8 Å². The van der Waals surface area contributed by atoms with E-state index < -0.39 is 11.8 Å². The average Bonchev–Trinajstić information content (AvgIpc) is 2.67. The van der Waals surface area contributed by atoms with Gasteiger partial charge in [-0.2, -0.15) is 0 Å². The standard InChI is InChI=1S/C14H6Br8N4O2/c15-3-1-5(9(19)11(21)7(3)17)23-25-13(27)14(28)26-24-6-2-4(16)8(18)12(22)10(6)20/h1-2,23-24H,(H,25,27)(H,26,28). The summed E-state index contributed by atoms with van der Waals surface area (Å²) in [4.78, 5) is 24.1. The van der Waals surface area contributed by atoms with E-state index in [4.69, 9.17) is 0 Å². The number of hydrogen-bond donors (Lipinski definition) is 4. The number of carbonyl (C=O) groups is 2. The number of hydrazine groups is 2. The number of rotatable bonds is 4. The van der Waals surface area contributed by atoms with Crippen molar-refractivity contribution in [1.82, 2.24) is 10.9 Å². The lowest BCUT2D eigenvalue weighted by Gasteiger charge is -2.15. The van der Waals surface area contributed by atoms with Gasteiger partial charge in [0.25, 0.3) is 0 Å². The van der Waals surface area contributed by atoms with Gasteiger partial charge < -0.3 is 0 Å². The predicted molar refractivity (Wildman–Crippen MR) is 138 cm³/mol. The Hall–Kier alpha value is 0.820. The van der Waals surface area contributed by atoms with Gasteiger partial charge in [-0.25, -0.2) is 0 Å². The van der Waals surface area contributed by atoms with Gasteiger partial charge in [0.15, 0.2) is 0 Å². The average molecular weight is 901 g/mol. The van der Waals surface area contributed by atoms with Crippen LogP contribution in [0.2, 0.25) is 0 Å². The molecule has 0 fully saturated rings. The molecule has 2 amide bonds. The number of anilines is 2. The zero-order valence-corrected chi connectivity index (χ0v) is 25.7. The summed E-state index contributed by atoms with van der Waals surface area (Å²) in [6, 6.07) is 3.45. The van der Waals surface area contributed by atoms with Crippen molar-refractivity contribution < 1.29 is 9.59 Å². The van der Waals surface area contributed by atoms with E-state index in [1.807, 2.05) is 0 Å². The van der Waals surface area contributed by atoms with Crippen LogP contribution in [0.4, 0.5) is 11.4 Å². The molecular weight excluding hydrogens is 895 g/mol. The van der Waals surface area contributed by atoms with Gasteiger partial charge in [0.2, 0.25) is 0 Å². The summed E-state index contributed by atoms with van der Waals surface area (Å²) < 4.78 is 5.90. The highest BCUT2D eigenvalue weighted by Gasteiger charge is 2.17. The zero-order chi connectivity index (χ0) is 21.2. The Labute approximate surface area is 227 Å². The van der Waals surface area contributed by atoms with Crippen molar-refractivity contribution in [3.8, 4) is 0 Å². The Morgan fingerprint density at radius 2 is 0.857 bits per heavy atom. The first kappa shape index (κ1) is 25.1. The van der Waals surface area contributed by atoms with Gasteiger partial charge in [-0.3, -0.25) is 31.3 Å². The Balaban J connectivity index is 2.01. The van der Waals surface area contributed by atoms with E-state index in [0.29, 0.717) is 20.3 Å². The number of nitrogens with one attached hydrogen (secondary N) is 4. The normalized spacial score (nSPS) is 10.4. The molecule has 0 saturated heterocycles. The minimum absolute atomic E-state index is 0.541. The van der Waals surface area contributed by atoms with Crippen LogP contribution in [0.25, 0.3) is 0 Å². The van der Waals surface area contributed by atoms with Crippen LogP contribution in [-0.4, -0.2) is 11.8 Å². The van der Waals surface area contributed by atoms with E-state index >= 15 is 0 Å². The highest BCUT2D eigenvalue weighted by molar-refractivity contribution is 9.15. The van der Waals surface area contributed by atoms with Gasteiger partial charge in [-0.05, 0) is 140 Å². The third-order valence-corrected chi connectivity index (χ3v) is 12.4. The largest absolute Gasteiger partial charge is 0.329 e. The predicted octanol–water partition coefficient (Wildman–Crippen LogP) is 7.37. The molecule has 28 heavy (non-hydrogen) atoms. The Morgan fingerprint density at radius 1 is 0.536 bits per heavy atom. The number of amides is 2. The molecule has 0 spiro atoms. The highest BCUT2D eigenvalue weighted by atomic mass is 79.9. The molecule has 0 heterocycles. The first-order valence-corrected chi connectivity index (χ1v) is 13.2. The van der Waals surface area contributed by atoms with Crippen LogP contribution in [-0.2, 0) is 9.59 Å². The lowest BCUT2D eigenvalue weighted by Crippen LogP contribution is -2.44. The van der Waals surface area contributed by atoms with Crippen LogP contribution in [0.5, 0.6) is 0 Å². The number of carbonyl (C=O) groups excluding carboxylic acids is 2. The summed E-state index contributed by atoms with van der Waals surface area (Å²) >= 11 is 27.2. The maximum atomic E-state index is 12.0. The summed E-state index contributed by atoms with van der Waals surface area (Å²) in [5.41, 5.74) is 11.1. The molecule has 0 aliphatic heterocycles. The fraction of sp³-hybridized carbons (Fsp3) is 0. The molecule has 14 heteroatoms. The van der Waals surface area contributed by atoms with Gasteiger partial charge in [0.1, 0.15) is 0 Å². The summed E-state index contributed by atoms with van der Waals surface area (Å²) in [5.74, 6) is -1.78. The van der Waals surface area contributed by atoms with Crippen molar-refractivity contribution in [1.29, 1.82) is 0 Å². The number of hydrogen-bond acceptors (Lipinski definition) is 4. The molecular formula is C14H6Br8N4O2. The van der Waals surface area contributed by atoms with E-state index in [1.54, 1.807) is 12.1 Å². The second-order valence-corrected chi connectivity index (χ2v) is 11.3. The lowest BCUT2D eigenvalue weighted by atomic mass is 10.3. The maximum Gasteiger partial charge on any atom is 0.329 e. The SMILES string of the molecule is O=C(NNc1cc(Br)c(Br)c(Br)c1Br)C(=O)NNc1cc(Br)c(Br)c(Br)c1Br. The Kier molecular flexibility index (Phi) is 9.78. The molecule has 0 aromatic heterocycles. The van der Waals surface area contributed by atoms with Crippen LogP contribution < -0.4 is 21.7 Å². The maximum absolute atomic E-state index is 12.0. The summed E-state index contributed by atoms with van der Waals surface area (Å²) in [7, 11) is 0. The van der Waals surface area contributed by atoms with Crippen molar-refractivity contribution in [2.75, 3.05) is 10.9 Å². The third kappa shape index (κ3) is 5.95. The fourth-order valence-electron chi connectivity index (χ4n) is 1.69. The molecule has 0 radical (unpaired) electrons. The Bertz CT molecular complexity index is 892. The van der Waals surface area contributed by atoms with Crippen LogP contribution in [0.1, 0.15) is 0 Å². The van der Waals surface area contributed by atoms with E-state index in [2.05, 4.69) is 149 Å². The van der Waals surface area contributed by atoms with Crippen LogP contribution in [0.3, 0.4) is 0 Å². The van der Waals surface area contributed by atoms with Crippen molar-refractivity contribution in [3.05, 3.63) is 47.9 Å². The van der Waals surface area contributed by atoms with Crippen molar-refractivity contribution >= 4 is 151 Å². The zero-order valence-electron chi connectivity index (χ0n) is 13.0. The first-order chi connectivity index (χ1) is 13.0. The Morgan fingerprint density at radius 3 is 1.18 bits per heavy atom. The quantitative estimate of drug-likeness (QED) is 0.112. The molecule has 0 aliphatic rings. The monoisotopic (exact) mass is 893 g/mol. The van der Waals surface area contributed by atoms with Crippen LogP contribution in [0.15, 0.2) is 47.9 Å². The molecule has 0 bridgehead atoms. The topological polar surface area (TPSA) is 82.3 Å². The van der Waals surface area contributed by atoms with E-state index in [1.165, 1.54) is 0 Å². The van der Waals surface area contributed by atoms with Crippen molar-refractivity contribution in [2.24, 2.45) is 0 Å². The second-order valence-electron chi connectivity index (χ2n) is 4.85. The van der Waals surface area contributed by atoms with Crippen molar-refractivity contribution in [3.63, 3.8) is 0 Å². The minimum atomic E-state index is -0.888. The van der Waals surface area contributed by atoms with Crippen LogP contribution >= 0.6 is 127 Å². The molecule has 2 aromatic rings. The molecule has 150 valence electrons.